The summed E-state index contributed by atoms with van der Waals surface area (Å²) >= 11 is 0. The van der Waals surface area contributed by atoms with E-state index in [1.807, 2.05) is 21.6 Å². The number of nitrogens with one attached hydrogen (secondary N) is 2. The normalized spacial score (nSPS) is 17.7. The molecule has 1 aromatic carbocycles. The predicted octanol–water partition coefficient (Wildman–Crippen LogP) is 3.04. The molecule has 0 atom stereocenters. The molecule has 0 spiro atoms. The zero-order chi connectivity index (χ0) is 22.1. The van der Waals surface area contributed by atoms with Crippen molar-refractivity contribution in [2.24, 2.45) is 0 Å². The highest BCUT2D eigenvalue weighted by atomic mass is 16.2. The monoisotopic (exact) mass is 435 g/mol. The van der Waals surface area contributed by atoms with Crippen LogP contribution in [0.1, 0.15) is 45.1 Å². The molecular formula is C23H29N7O2. The second-order valence-corrected chi connectivity index (χ2v) is 8.69. The van der Waals surface area contributed by atoms with E-state index in [9.17, 15) is 9.59 Å². The Bertz CT molecular complexity index is 1150. The molecule has 3 heterocycles. The Balaban J connectivity index is 1.31. The number of carbonyl (C=O) groups is 1. The van der Waals surface area contributed by atoms with Crippen LogP contribution in [0.4, 0.5) is 17.3 Å². The van der Waals surface area contributed by atoms with Gasteiger partial charge in [0.1, 0.15) is 5.52 Å². The fourth-order valence-corrected chi connectivity index (χ4v) is 4.82. The summed E-state index contributed by atoms with van der Waals surface area (Å²) < 4.78 is 1.81. The number of fused-ring (bicyclic) bond motifs is 1. The zero-order valence-corrected chi connectivity index (χ0v) is 18.4. The van der Waals surface area contributed by atoms with Crippen molar-refractivity contribution in [2.45, 2.75) is 45.1 Å². The fourth-order valence-electron chi connectivity index (χ4n) is 4.82. The highest BCUT2D eigenvalue weighted by Gasteiger charge is 2.21. The summed E-state index contributed by atoms with van der Waals surface area (Å²) in [5.74, 6) is 0.612. The molecule has 1 saturated carbocycles. The summed E-state index contributed by atoms with van der Waals surface area (Å²) in [7, 11) is 0. The number of aromatic amines is 1. The number of benzene rings is 1. The number of hydrogen-bond acceptors (Lipinski definition) is 6. The lowest BCUT2D eigenvalue weighted by Gasteiger charge is -2.35. The molecule has 0 bridgehead atoms. The van der Waals surface area contributed by atoms with E-state index in [-0.39, 0.29) is 17.6 Å². The molecule has 0 unspecified atom stereocenters. The van der Waals surface area contributed by atoms with Crippen molar-refractivity contribution >= 4 is 34.4 Å². The largest absolute Gasteiger partial charge is 0.368 e. The molecule has 3 aromatic rings. The minimum absolute atomic E-state index is 0.104. The fraction of sp³-hybridized carbons (Fsp3) is 0.478. The molecule has 0 radical (unpaired) electrons. The smallest absolute Gasteiger partial charge is 0.327 e. The highest BCUT2D eigenvalue weighted by molar-refractivity contribution is 5.74. The van der Waals surface area contributed by atoms with Crippen LogP contribution < -0.4 is 15.9 Å². The van der Waals surface area contributed by atoms with Crippen LogP contribution in [0.15, 0.2) is 35.3 Å². The van der Waals surface area contributed by atoms with Crippen molar-refractivity contribution in [1.82, 2.24) is 24.4 Å². The second kappa shape index (κ2) is 8.64. The van der Waals surface area contributed by atoms with Gasteiger partial charge in [-0.2, -0.15) is 4.98 Å². The summed E-state index contributed by atoms with van der Waals surface area (Å²) in [6.45, 7) is 4.79. The molecule has 1 amide bonds. The number of aromatic nitrogens is 4. The standard InChI is InChI=1S/C23H29N7O2/c1-16(31)28-11-13-29(14-12-28)18-9-7-17(8-10-18)25-22-24-15-20-21(27-22)30(23(32)26-20)19-5-3-2-4-6-19/h7-10,15,19H,2-6,11-14H2,1H3,(H,26,32)(H,24,25,27). The topological polar surface area (TPSA) is 99.2 Å². The Morgan fingerprint density at radius 2 is 1.78 bits per heavy atom. The number of anilines is 3. The third kappa shape index (κ3) is 4.06. The van der Waals surface area contributed by atoms with Crippen LogP contribution in [0.3, 0.4) is 0 Å². The van der Waals surface area contributed by atoms with E-state index in [2.05, 4.69) is 37.3 Å². The Kier molecular flexibility index (Phi) is 5.55. The maximum atomic E-state index is 12.5. The average Bonchev–Trinajstić information content (AvgIpc) is 3.15. The quantitative estimate of drug-likeness (QED) is 0.654. The number of piperazine rings is 1. The minimum Gasteiger partial charge on any atom is -0.368 e. The van der Waals surface area contributed by atoms with Crippen molar-refractivity contribution in [3.8, 4) is 0 Å². The molecule has 2 aliphatic rings. The van der Waals surface area contributed by atoms with Gasteiger partial charge in [0.15, 0.2) is 5.65 Å². The first kappa shape index (κ1) is 20.5. The highest BCUT2D eigenvalue weighted by Crippen LogP contribution is 2.29. The molecule has 2 aromatic heterocycles. The van der Waals surface area contributed by atoms with Crippen LogP contribution >= 0.6 is 0 Å². The van der Waals surface area contributed by atoms with Crippen LogP contribution in [0, 0.1) is 0 Å². The van der Waals surface area contributed by atoms with Gasteiger partial charge in [-0.3, -0.25) is 9.36 Å². The van der Waals surface area contributed by atoms with E-state index in [0.29, 0.717) is 17.1 Å². The maximum Gasteiger partial charge on any atom is 0.327 e. The Labute approximate surface area is 186 Å². The van der Waals surface area contributed by atoms with E-state index < -0.39 is 0 Å². The van der Waals surface area contributed by atoms with E-state index >= 15 is 0 Å². The van der Waals surface area contributed by atoms with Crippen LogP contribution in [0.5, 0.6) is 0 Å². The SMILES string of the molecule is CC(=O)N1CCN(c2ccc(Nc3ncc4[nH]c(=O)n(C5CCCCC5)c4n3)cc2)CC1. The van der Waals surface area contributed by atoms with Crippen molar-refractivity contribution in [3.05, 3.63) is 40.9 Å². The zero-order valence-electron chi connectivity index (χ0n) is 18.4. The molecule has 1 aliphatic carbocycles. The van der Waals surface area contributed by atoms with Gasteiger partial charge in [0, 0.05) is 50.5 Å². The lowest BCUT2D eigenvalue weighted by molar-refractivity contribution is -0.129. The minimum atomic E-state index is -0.104. The molecule has 9 heteroatoms. The number of carbonyl (C=O) groups excluding carboxylic acids is 1. The van der Waals surface area contributed by atoms with Gasteiger partial charge in [0.2, 0.25) is 11.9 Å². The molecule has 9 nitrogen and oxygen atoms in total. The Morgan fingerprint density at radius 3 is 2.47 bits per heavy atom. The summed E-state index contributed by atoms with van der Waals surface area (Å²) in [5, 5.41) is 3.26. The predicted molar refractivity (Wildman–Crippen MR) is 124 cm³/mol. The first-order valence-electron chi connectivity index (χ1n) is 11.4. The van der Waals surface area contributed by atoms with Crippen LogP contribution in [-0.4, -0.2) is 56.5 Å². The van der Waals surface area contributed by atoms with Gasteiger partial charge < -0.3 is 20.1 Å². The first-order valence-corrected chi connectivity index (χ1v) is 11.4. The van der Waals surface area contributed by atoms with Gasteiger partial charge in [-0.1, -0.05) is 19.3 Å². The number of imidazole rings is 1. The molecule has 2 fully saturated rings. The lowest BCUT2D eigenvalue weighted by atomic mass is 9.95. The summed E-state index contributed by atoms with van der Waals surface area (Å²) in [4.78, 5) is 40.2. The van der Waals surface area contributed by atoms with Gasteiger partial charge in [0.25, 0.3) is 0 Å². The number of rotatable bonds is 4. The Morgan fingerprint density at radius 1 is 1.06 bits per heavy atom. The van der Waals surface area contributed by atoms with Crippen molar-refractivity contribution in [3.63, 3.8) is 0 Å². The number of nitrogens with zero attached hydrogens (tertiary/aromatic N) is 5. The summed E-state index contributed by atoms with van der Waals surface area (Å²) in [5.41, 5.74) is 3.25. The van der Waals surface area contributed by atoms with Crippen LogP contribution in [0.25, 0.3) is 11.2 Å². The van der Waals surface area contributed by atoms with Crippen molar-refractivity contribution in [2.75, 3.05) is 36.4 Å². The first-order chi connectivity index (χ1) is 15.6. The molecule has 168 valence electrons. The summed E-state index contributed by atoms with van der Waals surface area (Å²) in [6, 6.07) is 8.35. The summed E-state index contributed by atoms with van der Waals surface area (Å²) in [6.07, 6.45) is 7.24. The van der Waals surface area contributed by atoms with Gasteiger partial charge in [0.05, 0.1) is 6.20 Å². The third-order valence-corrected chi connectivity index (χ3v) is 6.61. The van der Waals surface area contributed by atoms with Gasteiger partial charge >= 0.3 is 5.69 Å². The van der Waals surface area contributed by atoms with E-state index in [4.69, 9.17) is 0 Å². The number of H-pyrrole nitrogens is 1. The van der Waals surface area contributed by atoms with E-state index in [1.165, 1.54) is 6.42 Å². The van der Waals surface area contributed by atoms with Crippen LogP contribution in [0.2, 0.25) is 0 Å². The molecule has 1 aliphatic heterocycles. The number of amides is 1. The maximum absolute atomic E-state index is 12.5. The van der Waals surface area contributed by atoms with E-state index in [1.54, 1.807) is 13.1 Å². The van der Waals surface area contributed by atoms with Gasteiger partial charge in [-0.15, -0.1) is 0 Å². The van der Waals surface area contributed by atoms with E-state index in [0.717, 1.165) is 63.2 Å². The molecule has 1 saturated heterocycles. The Hall–Kier alpha value is -3.36. The molecule has 2 N–H and O–H groups in total. The van der Waals surface area contributed by atoms with Gasteiger partial charge in [-0.25, -0.2) is 9.78 Å². The lowest BCUT2D eigenvalue weighted by Crippen LogP contribution is -2.48. The molecular weight excluding hydrogens is 406 g/mol. The van der Waals surface area contributed by atoms with Crippen molar-refractivity contribution < 1.29 is 4.79 Å². The van der Waals surface area contributed by atoms with Gasteiger partial charge in [-0.05, 0) is 37.1 Å². The third-order valence-electron chi connectivity index (χ3n) is 6.61. The average molecular weight is 436 g/mol. The van der Waals surface area contributed by atoms with Crippen molar-refractivity contribution in [1.29, 1.82) is 0 Å². The molecule has 32 heavy (non-hydrogen) atoms. The van der Waals surface area contributed by atoms with Crippen LogP contribution in [-0.2, 0) is 4.79 Å². The second-order valence-electron chi connectivity index (χ2n) is 8.69. The molecule has 5 rings (SSSR count). The number of hydrogen-bond donors (Lipinski definition) is 2.